The number of piperidine rings is 1. The lowest BCUT2D eigenvalue weighted by Crippen LogP contribution is -2.42. The van der Waals surface area contributed by atoms with E-state index in [0.29, 0.717) is 31.3 Å². The van der Waals surface area contributed by atoms with Crippen molar-refractivity contribution in [1.82, 2.24) is 20.4 Å². The molecule has 0 spiro atoms. The number of aromatic nitrogens is 2. The molecule has 1 aliphatic rings. The van der Waals surface area contributed by atoms with E-state index in [0.717, 1.165) is 29.4 Å². The van der Waals surface area contributed by atoms with Gasteiger partial charge in [0.25, 0.3) is 0 Å². The van der Waals surface area contributed by atoms with Crippen LogP contribution in [-0.2, 0) is 11.3 Å². The van der Waals surface area contributed by atoms with Gasteiger partial charge in [-0.1, -0.05) is 39.3 Å². The summed E-state index contributed by atoms with van der Waals surface area (Å²) in [6, 6.07) is 7.79. The topological polar surface area (TPSA) is 71.3 Å². The molecule has 1 aromatic heterocycles. The zero-order chi connectivity index (χ0) is 17.6. The second-order valence-corrected chi connectivity index (χ2v) is 7.05. The Balaban J connectivity index is 1.61. The smallest absolute Gasteiger partial charge is 0.241 e. The van der Waals surface area contributed by atoms with Crippen molar-refractivity contribution >= 4 is 21.8 Å². The Bertz CT molecular complexity index is 746. The quantitative estimate of drug-likeness (QED) is 0.749. The Hall–Kier alpha value is -1.99. The second-order valence-electron chi connectivity index (χ2n) is 6.13. The molecule has 1 aliphatic heterocycles. The third kappa shape index (κ3) is 4.76. The first-order valence-electron chi connectivity index (χ1n) is 8.35. The first-order valence-corrected chi connectivity index (χ1v) is 9.14. The van der Waals surface area contributed by atoms with E-state index in [4.69, 9.17) is 4.52 Å². The average Bonchev–Trinajstić information content (AvgIpc) is 3.08. The molecule has 25 heavy (non-hydrogen) atoms. The van der Waals surface area contributed by atoms with Gasteiger partial charge >= 0.3 is 0 Å². The zero-order valence-corrected chi connectivity index (χ0v) is 15.5. The molecule has 0 aliphatic carbocycles. The molecule has 132 valence electrons. The van der Waals surface area contributed by atoms with Crippen LogP contribution in [-0.4, -0.2) is 40.6 Å². The molecule has 1 aromatic carbocycles. The normalized spacial score (nSPS) is 18.0. The molecule has 2 aromatic rings. The Morgan fingerprint density at radius 3 is 3.20 bits per heavy atom. The predicted octanol–water partition coefficient (Wildman–Crippen LogP) is 3.01. The Kier molecular flexibility index (Phi) is 5.99. The van der Waals surface area contributed by atoms with Gasteiger partial charge in [-0.05, 0) is 31.5 Å². The monoisotopic (exact) mass is 404 g/mol. The van der Waals surface area contributed by atoms with Crippen LogP contribution in [0.5, 0.6) is 0 Å². The zero-order valence-electron chi connectivity index (χ0n) is 13.9. The second kappa shape index (κ2) is 8.40. The number of hydrogen-bond acceptors (Lipinski definition) is 5. The number of likely N-dealkylation sites (tertiary alicyclic amines) is 1. The lowest BCUT2D eigenvalue weighted by atomic mass is 9.97. The molecule has 1 atom stereocenters. The summed E-state index contributed by atoms with van der Waals surface area (Å²) in [5.41, 5.74) is 0.907. The van der Waals surface area contributed by atoms with Crippen LogP contribution in [0.25, 0.3) is 11.4 Å². The molecule has 1 saturated heterocycles. The number of rotatable bonds is 6. The van der Waals surface area contributed by atoms with Crippen molar-refractivity contribution in [2.24, 2.45) is 5.92 Å². The summed E-state index contributed by atoms with van der Waals surface area (Å²) in [5, 5.41) is 6.94. The van der Waals surface area contributed by atoms with E-state index >= 15 is 0 Å². The summed E-state index contributed by atoms with van der Waals surface area (Å²) in [7, 11) is 0. The third-order valence-electron chi connectivity index (χ3n) is 4.21. The van der Waals surface area contributed by atoms with E-state index in [2.05, 4.69) is 42.9 Å². The van der Waals surface area contributed by atoms with Crippen LogP contribution in [0.1, 0.15) is 18.7 Å². The fourth-order valence-electron chi connectivity index (χ4n) is 2.99. The van der Waals surface area contributed by atoms with Gasteiger partial charge in [-0.2, -0.15) is 4.98 Å². The molecule has 0 radical (unpaired) electrons. The van der Waals surface area contributed by atoms with Gasteiger partial charge in [-0.25, -0.2) is 0 Å². The predicted molar refractivity (Wildman–Crippen MR) is 98.6 cm³/mol. The first-order chi connectivity index (χ1) is 12.2. The van der Waals surface area contributed by atoms with E-state index in [-0.39, 0.29) is 11.8 Å². The summed E-state index contributed by atoms with van der Waals surface area (Å²) in [4.78, 5) is 18.8. The highest BCUT2D eigenvalue weighted by Gasteiger charge is 2.26. The number of carbonyl (C=O) groups is 1. The van der Waals surface area contributed by atoms with Gasteiger partial charge in [-0.3, -0.25) is 9.69 Å². The molecule has 1 N–H and O–H groups in total. The molecule has 2 heterocycles. The van der Waals surface area contributed by atoms with Gasteiger partial charge in [0, 0.05) is 23.1 Å². The van der Waals surface area contributed by atoms with Crippen molar-refractivity contribution in [2.45, 2.75) is 19.4 Å². The van der Waals surface area contributed by atoms with Gasteiger partial charge in [0.1, 0.15) is 0 Å². The maximum Gasteiger partial charge on any atom is 0.241 e. The number of benzene rings is 1. The maximum atomic E-state index is 12.1. The van der Waals surface area contributed by atoms with Crippen LogP contribution in [0.15, 0.2) is 45.9 Å². The lowest BCUT2D eigenvalue weighted by molar-refractivity contribution is -0.126. The summed E-state index contributed by atoms with van der Waals surface area (Å²) < 4.78 is 6.36. The number of amides is 1. The number of nitrogens with one attached hydrogen (secondary N) is 1. The highest BCUT2D eigenvalue weighted by Crippen LogP contribution is 2.22. The molecule has 3 rings (SSSR count). The standard InChI is InChI=1S/C18H21BrN4O2/c1-2-8-20-18(24)14-6-4-9-23(11-14)12-16-21-17(22-25-16)13-5-3-7-15(19)10-13/h2-3,5,7,10,14H,1,4,6,8-9,11-12H2,(H,20,24). The van der Waals surface area contributed by atoms with Crippen molar-refractivity contribution in [3.05, 3.63) is 47.3 Å². The van der Waals surface area contributed by atoms with Crippen molar-refractivity contribution in [3.8, 4) is 11.4 Å². The van der Waals surface area contributed by atoms with Gasteiger partial charge in [0.05, 0.1) is 12.5 Å². The van der Waals surface area contributed by atoms with Gasteiger partial charge in [0.15, 0.2) is 0 Å². The van der Waals surface area contributed by atoms with Crippen LogP contribution in [0.3, 0.4) is 0 Å². The molecule has 1 unspecified atom stereocenters. The van der Waals surface area contributed by atoms with Crippen LogP contribution in [0, 0.1) is 5.92 Å². The van der Waals surface area contributed by atoms with Crippen LogP contribution >= 0.6 is 15.9 Å². The van der Waals surface area contributed by atoms with Crippen LogP contribution < -0.4 is 5.32 Å². The molecule has 1 amide bonds. The summed E-state index contributed by atoms with van der Waals surface area (Å²) in [6.07, 6.45) is 3.59. The molecular weight excluding hydrogens is 384 g/mol. The minimum Gasteiger partial charge on any atom is -0.352 e. The minimum absolute atomic E-state index is 0.00108. The molecule has 7 heteroatoms. The largest absolute Gasteiger partial charge is 0.352 e. The highest BCUT2D eigenvalue weighted by atomic mass is 79.9. The molecular formula is C18H21BrN4O2. The van der Waals surface area contributed by atoms with E-state index in [1.807, 2.05) is 24.3 Å². The van der Waals surface area contributed by atoms with Crippen molar-refractivity contribution in [3.63, 3.8) is 0 Å². The average molecular weight is 405 g/mol. The fraction of sp³-hybridized carbons (Fsp3) is 0.389. The number of hydrogen-bond donors (Lipinski definition) is 1. The SMILES string of the molecule is C=CCNC(=O)C1CCCN(Cc2nc(-c3cccc(Br)c3)no2)C1. The van der Waals surface area contributed by atoms with E-state index < -0.39 is 0 Å². The molecule has 6 nitrogen and oxygen atoms in total. The fourth-order valence-corrected chi connectivity index (χ4v) is 3.38. The number of nitrogens with zero attached hydrogens (tertiary/aromatic N) is 3. The Labute approximate surface area is 155 Å². The van der Waals surface area contributed by atoms with Crippen LogP contribution in [0.4, 0.5) is 0 Å². The molecule has 1 fully saturated rings. The van der Waals surface area contributed by atoms with E-state index in [9.17, 15) is 4.79 Å². The Morgan fingerprint density at radius 1 is 1.52 bits per heavy atom. The third-order valence-corrected chi connectivity index (χ3v) is 4.70. The lowest BCUT2D eigenvalue weighted by Gasteiger charge is -2.30. The van der Waals surface area contributed by atoms with Crippen molar-refractivity contribution < 1.29 is 9.32 Å². The van der Waals surface area contributed by atoms with Crippen molar-refractivity contribution in [2.75, 3.05) is 19.6 Å². The first kappa shape index (κ1) is 17.8. The number of carbonyl (C=O) groups excluding carboxylic acids is 1. The van der Waals surface area contributed by atoms with Gasteiger partial charge in [0.2, 0.25) is 17.6 Å². The summed E-state index contributed by atoms with van der Waals surface area (Å²) in [5.74, 6) is 1.24. The van der Waals surface area contributed by atoms with Gasteiger partial charge < -0.3 is 9.84 Å². The molecule has 0 bridgehead atoms. The number of halogens is 1. The highest BCUT2D eigenvalue weighted by molar-refractivity contribution is 9.10. The summed E-state index contributed by atoms with van der Waals surface area (Å²) >= 11 is 3.45. The van der Waals surface area contributed by atoms with E-state index in [1.54, 1.807) is 6.08 Å². The van der Waals surface area contributed by atoms with Crippen LogP contribution in [0.2, 0.25) is 0 Å². The Morgan fingerprint density at radius 2 is 2.40 bits per heavy atom. The summed E-state index contributed by atoms with van der Waals surface area (Å²) in [6.45, 7) is 6.33. The van der Waals surface area contributed by atoms with Gasteiger partial charge in [-0.15, -0.1) is 6.58 Å². The maximum absolute atomic E-state index is 12.1. The minimum atomic E-state index is 0.00108. The molecule has 0 saturated carbocycles. The van der Waals surface area contributed by atoms with Crippen molar-refractivity contribution in [1.29, 1.82) is 0 Å². The van der Waals surface area contributed by atoms with E-state index in [1.165, 1.54) is 0 Å².